The summed E-state index contributed by atoms with van der Waals surface area (Å²) in [5.41, 5.74) is -0.336. The number of thioether (sulfide) groups is 1. The third-order valence-corrected chi connectivity index (χ3v) is 5.35. The molecule has 2 heterocycles. The highest BCUT2D eigenvalue weighted by molar-refractivity contribution is 7.99. The van der Waals surface area contributed by atoms with Crippen molar-refractivity contribution in [3.8, 4) is 5.75 Å². The molecule has 0 bridgehead atoms. The summed E-state index contributed by atoms with van der Waals surface area (Å²) in [6.45, 7) is 0.144. The molecule has 6 nitrogen and oxygen atoms in total. The number of aromatic nitrogens is 3. The Morgan fingerprint density at radius 3 is 2.67 bits per heavy atom. The number of benzene rings is 1. The fourth-order valence-electron chi connectivity index (χ4n) is 2.59. The standard InChI is InChI=1S/C18H15ClF4N4O2S/c1-26(7-10-3-4-14(29-2)13(20)5-10)15(28)9-30-17-25-24-16-12(19)6-11(8-27(16)17)18(21,22)23/h3-6,8H,7,9H2,1-2H3. The van der Waals surface area contributed by atoms with Crippen LogP contribution in [0.5, 0.6) is 5.75 Å². The Labute approximate surface area is 177 Å². The van der Waals surface area contributed by atoms with Crippen LogP contribution in [0.4, 0.5) is 17.6 Å². The van der Waals surface area contributed by atoms with Crippen molar-refractivity contribution in [3.63, 3.8) is 0 Å². The van der Waals surface area contributed by atoms with Gasteiger partial charge in [-0.05, 0) is 23.8 Å². The predicted molar refractivity (Wildman–Crippen MR) is 103 cm³/mol. The molecule has 12 heteroatoms. The van der Waals surface area contributed by atoms with E-state index in [2.05, 4.69) is 10.2 Å². The van der Waals surface area contributed by atoms with Gasteiger partial charge in [-0.15, -0.1) is 10.2 Å². The van der Waals surface area contributed by atoms with Crippen LogP contribution >= 0.6 is 23.4 Å². The SMILES string of the molecule is COc1ccc(CN(C)C(=O)CSc2nnc3c(Cl)cc(C(F)(F)F)cn23)cc1F. The van der Waals surface area contributed by atoms with Gasteiger partial charge < -0.3 is 9.64 Å². The fourth-order valence-corrected chi connectivity index (χ4v) is 3.69. The Hall–Kier alpha value is -2.53. The summed E-state index contributed by atoms with van der Waals surface area (Å²) in [6, 6.07) is 5.13. The van der Waals surface area contributed by atoms with E-state index in [1.165, 1.54) is 31.2 Å². The first-order chi connectivity index (χ1) is 14.1. The zero-order chi connectivity index (χ0) is 22.1. The van der Waals surface area contributed by atoms with Crippen molar-refractivity contribution >= 4 is 34.9 Å². The van der Waals surface area contributed by atoms with Crippen molar-refractivity contribution in [2.24, 2.45) is 0 Å². The van der Waals surface area contributed by atoms with Crippen LogP contribution in [-0.4, -0.2) is 45.3 Å². The van der Waals surface area contributed by atoms with Crippen molar-refractivity contribution in [2.75, 3.05) is 19.9 Å². The van der Waals surface area contributed by atoms with Gasteiger partial charge in [-0.3, -0.25) is 9.20 Å². The minimum absolute atomic E-state index is 0.0571. The summed E-state index contributed by atoms with van der Waals surface area (Å²) in [5.74, 6) is -0.883. The average molecular weight is 463 g/mol. The highest BCUT2D eigenvalue weighted by atomic mass is 35.5. The van der Waals surface area contributed by atoms with Crippen LogP contribution in [0.15, 0.2) is 35.6 Å². The Kier molecular flexibility index (Phi) is 6.41. The van der Waals surface area contributed by atoms with Crippen molar-refractivity contribution in [2.45, 2.75) is 17.9 Å². The zero-order valence-electron chi connectivity index (χ0n) is 15.7. The summed E-state index contributed by atoms with van der Waals surface area (Å²) in [4.78, 5) is 13.8. The van der Waals surface area contributed by atoms with Gasteiger partial charge in [0.15, 0.2) is 22.4 Å². The maximum absolute atomic E-state index is 13.8. The van der Waals surface area contributed by atoms with E-state index >= 15 is 0 Å². The zero-order valence-corrected chi connectivity index (χ0v) is 17.3. The molecule has 0 saturated carbocycles. The van der Waals surface area contributed by atoms with Crippen LogP contribution in [-0.2, 0) is 17.5 Å². The predicted octanol–water partition coefficient (Wildman–Crippen LogP) is 4.30. The molecule has 0 N–H and O–H groups in total. The Morgan fingerprint density at radius 1 is 1.30 bits per heavy atom. The highest BCUT2D eigenvalue weighted by Gasteiger charge is 2.32. The molecule has 0 aliphatic carbocycles. The number of hydrogen-bond acceptors (Lipinski definition) is 5. The van der Waals surface area contributed by atoms with Crippen LogP contribution in [0.2, 0.25) is 5.02 Å². The van der Waals surface area contributed by atoms with E-state index in [0.29, 0.717) is 5.56 Å². The van der Waals surface area contributed by atoms with Gasteiger partial charge in [0, 0.05) is 19.8 Å². The van der Waals surface area contributed by atoms with E-state index in [1.807, 2.05) is 0 Å². The van der Waals surface area contributed by atoms with E-state index < -0.39 is 17.6 Å². The van der Waals surface area contributed by atoms with Gasteiger partial charge in [0.05, 0.1) is 23.4 Å². The summed E-state index contributed by atoms with van der Waals surface area (Å²) >= 11 is 6.79. The minimum atomic E-state index is -4.59. The second kappa shape index (κ2) is 8.68. The van der Waals surface area contributed by atoms with Crippen LogP contribution in [0.3, 0.4) is 0 Å². The third kappa shape index (κ3) is 4.78. The van der Waals surface area contributed by atoms with E-state index in [4.69, 9.17) is 16.3 Å². The quantitative estimate of drug-likeness (QED) is 0.404. The van der Waals surface area contributed by atoms with Crippen LogP contribution in [0.1, 0.15) is 11.1 Å². The molecule has 0 unspecified atom stereocenters. The van der Waals surface area contributed by atoms with Gasteiger partial charge in [-0.1, -0.05) is 29.4 Å². The van der Waals surface area contributed by atoms with E-state index in [-0.39, 0.29) is 39.8 Å². The van der Waals surface area contributed by atoms with E-state index in [0.717, 1.165) is 28.4 Å². The lowest BCUT2D eigenvalue weighted by molar-refractivity contribution is -0.138. The number of carbonyl (C=O) groups is 1. The van der Waals surface area contributed by atoms with Gasteiger partial charge in [0.2, 0.25) is 5.91 Å². The summed E-state index contributed by atoms with van der Waals surface area (Å²) in [6.07, 6.45) is -3.76. The summed E-state index contributed by atoms with van der Waals surface area (Å²) < 4.78 is 58.8. The minimum Gasteiger partial charge on any atom is -0.494 e. The lowest BCUT2D eigenvalue weighted by atomic mass is 10.2. The number of alkyl halides is 3. The van der Waals surface area contributed by atoms with Crippen molar-refractivity contribution in [1.82, 2.24) is 19.5 Å². The normalized spacial score (nSPS) is 11.7. The number of methoxy groups -OCH3 is 1. The molecule has 0 spiro atoms. The number of halogens is 5. The number of rotatable bonds is 6. The Bertz CT molecular complexity index is 1090. The molecule has 1 amide bonds. The molecule has 160 valence electrons. The molecular formula is C18H15ClF4N4O2S. The number of carbonyl (C=O) groups excluding carboxylic acids is 1. The number of amides is 1. The average Bonchev–Trinajstić information content (AvgIpc) is 3.09. The maximum atomic E-state index is 13.8. The molecule has 2 aromatic heterocycles. The fraction of sp³-hybridized carbons (Fsp3) is 0.278. The molecule has 0 saturated heterocycles. The largest absolute Gasteiger partial charge is 0.494 e. The van der Waals surface area contributed by atoms with E-state index in [9.17, 15) is 22.4 Å². The van der Waals surface area contributed by atoms with Crippen LogP contribution in [0.25, 0.3) is 5.65 Å². The molecule has 0 aliphatic rings. The van der Waals surface area contributed by atoms with Gasteiger partial charge >= 0.3 is 6.18 Å². The number of nitrogens with zero attached hydrogens (tertiary/aromatic N) is 4. The van der Waals surface area contributed by atoms with Gasteiger partial charge in [-0.25, -0.2) is 4.39 Å². The van der Waals surface area contributed by atoms with Crippen molar-refractivity contribution in [1.29, 1.82) is 0 Å². The lowest BCUT2D eigenvalue weighted by Gasteiger charge is -2.17. The molecular weight excluding hydrogens is 448 g/mol. The monoisotopic (exact) mass is 462 g/mol. The number of fused-ring (bicyclic) bond motifs is 1. The topological polar surface area (TPSA) is 59.7 Å². The number of pyridine rings is 1. The third-order valence-electron chi connectivity index (χ3n) is 4.14. The van der Waals surface area contributed by atoms with Gasteiger partial charge in [-0.2, -0.15) is 13.2 Å². The molecule has 0 fully saturated rings. The number of hydrogen-bond donors (Lipinski definition) is 0. The first-order valence-corrected chi connectivity index (χ1v) is 9.77. The van der Waals surface area contributed by atoms with Gasteiger partial charge in [0.1, 0.15) is 0 Å². The molecule has 30 heavy (non-hydrogen) atoms. The van der Waals surface area contributed by atoms with Crippen LogP contribution in [0, 0.1) is 5.82 Å². The molecule has 3 aromatic rings. The molecule has 3 rings (SSSR count). The van der Waals surface area contributed by atoms with E-state index in [1.54, 1.807) is 6.07 Å². The van der Waals surface area contributed by atoms with Crippen molar-refractivity contribution < 1.29 is 27.1 Å². The molecule has 0 radical (unpaired) electrons. The van der Waals surface area contributed by atoms with Crippen molar-refractivity contribution in [3.05, 3.63) is 52.4 Å². The highest BCUT2D eigenvalue weighted by Crippen LogP contribution is 2.33. The first kappa shape index (κ1) is 22.2. The summed E-state index contributed by atoms with van der Waals surface area (Å²) in [5, 5.41) is 7.48. The van der Waals surface area contributed by atoms with Gasteiger partial charge in [0.25, 0.3) is 0 Å². The summed E-state index contributed by atoms with van der Waals surface area (Å²) in [7, 11) is 2.88. The molecule has 1 aromatic carbocycles. The second-order valence-electron chi connectivity index (χ2n) is 6.26. The maximum Gasteiger partial charge on any atom is 0.417 e. The molecule has 0 aliphatic heterocycles. The first-order valence-electron chi connectivity index (χ1n) is 8.41. The Morgan fingerprint density at radius 2 is 2.03 bits per heavy atom. The lowest BCUT2D eigenvalue weighted by Crippen LogP contribution is -2.27. The molecule has 0 atom stereocenters. The van der Waals surface area contributed by atoms with Crippen LogP contribution < -0.4 is 4.74 Å². The number of ether oxygens (including phenoxy) is 1. The second-order valence-corrected chi connectivity index (χ2v) is 7.61. The Balaban J connectivity index is 1.70. The smallest absolute Gasteiger partial charge is 0.417 e.